The lowest BCUT2D eigenvalue weighted by Crippen LogP contribution is -2.27. The minimum atomic E-state index is -0.674. The van der Waals surface area contributed by atoms with Crippen LogP contribution in [0.3, 0.4) is 0 Å². The second-order valence-corrected chi connectivity index (χ2v) is 5.02. The summed E-state index contributed by atoms with van der Waals surface area (Å²) in [5.41, 5.74) is 0.235. The summed E-state index contributed by atoms with van der Waals surface area (Å²) in [6.45, 7) is 5.24. The normalized spacial score (nSPS) is 11.6. The standard InChI is InChI=1S/C13H15FN2O2/c1-13(2,3)18-12(17)16-11-7-10-8(4-5-15-10)6-9(11)14/h4-7,15H,1-3H3,(H,16,17). The van der Waals surface area contributed by atoms with Gasteiger partial charge in [-0.1, -0.05) is 0 Å². The maximum Gasteiger partial charge on any atom is 0.412 e. The number of aromatic amines is 1. The number of anilines is 1. The van der Waals surface area contributed by atoms with Crippen LogP contribution in [0.1, 0.15) is 20.8 Å². The number of aromatic nitrogens is 1. The SMILES string of the molecule is CC(C)(C)OC(=O)Nc1cc2[nH]ccc2cc1F. The highest BCUT2D eigenvalue weighted by Gasteiger charge is 2.17. The Kier molecular flexibility index (Phi) is 2.98. The van der Waals surface area contributed by atoms with Crippen molar-refractivity contribution in [1.29, 1.82) is 0 Å². The van der Waals surface area contributed by atoms with Gasteiger partial charge in [0.2, 0.25) is 0 Å². The van der Waals surface area contributed by atoms with Gasteiger partial charge in [0.05, 0.1) is 5.69 Å². The second kappa shape index (κ2) is 4.33. The van der Waals surface area contributed by atoms with Gasteiger partial charge < -0.3 is 9.72 Å². The molecule has 1 heterocycles. The van der Waals surface area contributed by atoms with E-state index in [2.05, 4.69) is 10.3 Å². The Balaban J connectivity index is 2.20. The Labute approximate surface area is 104 Å². The lowest BCUT2D eigenvalue weighted by atomic mass is 10.2. The molecule has 0 aliphatic carbocycles. The highest BCUT2D eigenvalue weighted by molar-refractivity contribution is 5.90. The van der Waals surface area contributed by atoms with Gasteiger partial charge in [-0.15, -0.1) is 0 Å². The largest absolute Gasteiger partial charge is 0.444 e. The molecule has 2 N–H and O–H groups in total. The second-order valence-electron chi connectivity index (χ2n) is 5.02. The van der Waals surface area contributed by atoms with Crippen LogP contribution in [0.2, 0.25) is 0 Å². The first-order valence-corrected chi connectivity index (χ1v) is 5.62. The third-order valence-corrected chi connectivity index (χ3v) is 2.28. The molecule has 1 amide bonds. The molecule has 96 valence electrons. The van der Waals surface area contributed by atoms with Crippen molar-refractivity contribution in [3.05, 3.63) is 30.2 Å². The van der Waals surface area contributed by atoms with E-state index >= 15 is 0 Å². The van der Waals surface area contributed by atoms with Gasteiger partial charge in [-0.25, -0.2) is 9.18 Å². The third kappa shape index (κ3) is 2.80. The lowest BCUT2D eigenvalue weighted by Gasteiger charge is -2.19. The Morgan fingerprint density at radius 2 is 2.11 bits per heavy atom. The van der Waals surface area contributed by atoms with E-state index in [0.29, 0.717) is 0 Å². The van der Waals surface area contributed by atoms with Crippen LogP contribution in [0.25, 0.3) is 10.9 Å². The van der Waals surface area contributed by atoms with Crippen LogP contribution in [-0.2, 0) is 4.74 Å². The molecule has 0 aliphatic rings. The quantitative estimate of drug-likeness (QED) is 0.811. The molecule has 5 heteroatoms. The lowest BCUT2D eigenvalue weighted by molar-refractivity contribution is 0.0635. The van der Waals surface area contributed by atoms with E-state index in [-0.39, 0.29) is 5.69 Å². The minimum Gasteiger partial charge on any atom is -0.444 e. The average molecular weight is 250 g/mol. The number of benzene rings is 1. The molecule has 0 atom stereocenters. The molecule has 0 bridgehead atoms. The fourth-order valence-corrected chi connectivity index (χ4v) is 1.58. The Bertz CT molecular complexity index is 584. The first-order chi connectivity index (χ1) is 8.35. The van der Waals surface area contributed by atoms with Crippen molar-refractivity contribution in [1.82, 2.24) is 4.98 Å². The first-order valence-electron chi connectivity index (χ1n) is 5.62. The molecule has 18 heavy (non-hydrogen) atoms. The number of amides is 1. The van der Waals surface area contributed by atoms with Crippen molar-refractivity contribution >= 4 is 22.7 Å². The van der Waals surface area contributed by atoms with Crippen LogP contribution in [-0.4, -0.2) is 16.7 Å². The van der Waals surface area contributed by atoms with Crippen LogP contribution < -0.4 is 5.32 Å². The van der Waals surface area contributed by atoms with Crippen molar-refractivity contribution in [3.63, 3.8) is 0 Å². The molecular formula is C13H15FN2O2. The topological polar surface area (TPSA) is 54.1 Å². The maximum absolute atomic E-state index is 13.7. The summed E-state index contributed by atoms with van der Waals surface area (Å²) in [4.78, 5) is 14.5. The first kappa shape index (κ1) is 12.4. The fourth-order valence-electron chi connectivity index (χ4n) is 1.58. The van der Waals surface area contributed by atoms with E-state index in [9.17, 15) is 9.18 Å². The van der Waals surface area contributed by atoms with Gasteiger partial charge >= 0.3 is 6.09 Å². The molecule has 2 aromatic rings. The molecule has 1 aromatic carbocycles. The molecule has 0 fully saturated rings. The van der Waals surface area contributed by atoms with E-state index < -0.39 is 17.5 Å². The van der Waals surface area contributed by atoms with Crippen LogP contribution in [0, 0.1) is 5.82 Å². The highest BCUT2D eigenvalue weighted by atomic mass is 19.1. The molecule has 1 aromatic heterocycles. The van der Waals surface area contributed by atoms with Crippen LogP contribution in [0.4, 0.5) is 14.9 Å². The van der Waals surface area contributed by atoms with Gasteiger partial charge in [-0.2, -0.15) is 0 Å². The van der Waals surface area contributed by atoms with Gasteiger partial charge in [0, 0.05) is 17.1 Å². The number of hydrogen-bond acceptors (Lipinski definition) is 2. The van der Waals surface area contributed by atoms with Crippen LogP contribution in [0.5, 0.6) is 0 Å². The Morgan fingerprint density at radius 3 is 2.78 bits per heavy atom. The van der Waals surface area contributed by atoms with Crippen LogP contribution in [0.15, 0.2) is 24.4 Å². The summed E-state index contributed by atoms with van der Waals surface area (Å²) in [7, 11) is 0. The smallest absolute Gasteiger partial charge is 0.412 e. The number of carbonyl (C=O) groups is 1. The number of hydrogen-bond donors (Lipinski definition) is 2. The molecule has 4 nitrogen and oxygen atoms in total. The zero-order valence-corrected chi connectivity index (χ0v) is 10.5. The van der Waals surface area contributed by atoms with Gasteiger partial charge in [-0.05, 0) is 39.0 Å². The number of H-pyrrole nitrogens is 1. The molecule has 0 unspecified atom stereocenters. The summed E-state index contributed by atoms with van der Waals surface area (Å²) < 4.78 is 18.8. The van der Waals surface area contributed by atoms with E-state index in [0.717, 1.165) is 10.9 Å². The number of halogens is 1. The summed E-state index contributed by atoms with van der Waals surface area (Å²) in [5.74, 6) is -0.493. The van der Waals surface area contributed by atoms with Crippen molar-refractivity contribution in [2.75, 3.05) is 5.32 Å². The molecule has 0 radical (unpaired) electrons. The predicted octanol–water partition coefficient (Wildman–Crippen LogP) is 3.65. The number of rotatable bonds is 1. The molecule has 0 aliphatic heterocycles. The van der Waals surface area contributed by atoms with Crippen molar-refractivity contribution in [2.45, 2.75) is 26.4 Å². The highest BCUT2D eigenvalue weighted by Crippen LogP contribution is 2.22. The summed E-state index contributed by atoms with van der Waals surface area (Å²) in [5, 5.41) is 3.14. The molecule has 2 rings (SSSR count). The number of ether oxygens (including phenoxy) is 1. The zero-order chi connectivity index (χ0) is 13.3. The van der Waals surface area contributed by atoms with E-state index in [1.807, 2.05) is 0 Å². The van der Waals surface area contributed by atoms with Gasteiger partial charge in [-0.3, -0.25) is 5.32 Å². The van der Waals surface area contributed by atoms with Crippen molar-refractivity contribution in [3.8, 4) is 0 Å². The average Bonchev–Trinajstić information content (AvgIpc) is 2.62. The van der Waals surface area contributed by atoms with Crippen molar-refractivity contribution < 1.29 is 13.9 Å². The Morgan fingerprint density at radius 1 is 1.39 bits per heavy atom. The molecule has 0 saturated heterocycles. The van der Waals surface area contributed by atoms with E-state index in [1.54, 1.807) is 33.0 Å². The van der Waals surface area contributed by atoms with Crippen LogP contribution >= 0.6 is 0 Å². The minimum absolute atomic E-state index is 0.0965. The van der Waals surface area contributed by atoms with Gasteiger partial charge in [0.25, 0.3) is 0 Å². The maximum atomic E-state index is 13.7. The molecular weight excluding hydrogens is 235 g/mol. The van der Waals surface area contributed by atoms with Gasteiger partial charge in [0.15, 0.2) is 0 Å². The third-order valence-electron chi connectivity index (χ3n) is 2.28. The van der Waals surface area contributed by atoms with Crippen molar-refractivity contribution in [2.24, 2.45) is 0 Å². The monoisotopic (exact) mass is 250 g/mol. The Hall–Kier alpha value is -2.04. The molecule has 0 saturated carbocycles. The number of nitrogens with one attached hydrogen (secondary N) is 2. The summed E-state index contributed by atoms with van der Waals surface area (Å²) in [6.07, 6.45) is 1.04. The number of carbonyl (C=O) groups excluding carboxylic acids is 1. The predicted molar refractivity (Wildman–Crippen MR) is 68.1 cm³/mol. The zero-order valence-electron chi connectivity index (χ0n) is 10.5. The van der Waals surface area contributed by atoms with Gasteiger partial charge in [0.1, 0.15) is 11.4 Å². The fraction of sp³-hybridized carbons (Fsp3) is 0.308. The van der Waals surface area contributed by atoms with E-state index in [4.69, 9.17) is 4.74 Å². The molecule has 0 spiro atoms. The van der Waals surface area contributed by atoms with E-state index in [1.165, 1.54) is 12.1 Å². The summed E-state index contributed by atoms with van der Waals surface area (Å²) in [6, 6.07) is 4.66. The number of fused-ring (bicyclic) bond motifs is 1. The summed E-state index contributed by atoms with van der Waals surface area (Å²) >= 11 is 0.